The molecule has 1 heterocycles. The van der Waals surface area contributed by atoms with Crippen molar-refractivity contribution in [2.45, 2.75) is 0 Å². The van der Waals surface area contributed by atoms with Gasteiger partial charge in [-0.05, 0) is 45.6 Å². The molecule has 1 amide bonds. The van der Waals surface area contributed by atoms with Gasteiger partial charge in [-0.15, -0.1) is 11.3 Å². The van der Waals surface area contributed by atoms with E-state index in [1.54, 1.807) is 23.6 Å². The number of aromatic carboxylic acids is 1. The molecule has 0 spiro atoms. The summed E-state index contributed by atoms with van der Waals surface area (Å²) in [5.74, 6) is -1.42. The molecule has 4 nitrogen and oxygen atoms in total. The van der Waals surface area contributed by atoms with Gasteiger partial charge in [-0.25, -0.2) is 4.79 Å². The predicted molar refractivity (Wildman–Crippen MR) is 81.1 cm³/mol. The van der Waals surface area contributed by atoms with Gasteiger partial charge >= 0.3 is 5.97 Å². The van der Waals surface area contributed by atoms with E-state index in [0.717, 1.165) is 4.47 Å². The van der Waals surface area contributed by atoms with Crippen LogP contribution in [0.3, 0.4) is 0 Å². The smallest absolute Gasteiger partial charge is 0.338 e. The zero-order valence-corrected chi connectivity index (χ0v) is 13.3. The summed E-state index contributed by atoms with van der Waals surface area (Å²) < 4.78 is 1.48. The molecular weight excluding hydrogens is 398 g/mol. The third-order valence-electron chi connectivity index (χ3n) is 2.30. The Kier molecular flexibility index (Phi) is 4.38. The van der Waals surface area contributed by atoms with Gasteiger partial charge in [0.1, 0.15) is 5.00 Å². The first kappa shape index (κ1) is 14.2. The maximum Gasteiger partial charge on any atom is 0.338 e. The molecule has 0 fully saturated rings. The fourth-order valence-corrected chi connectivity index (χ4v) is 3.42. The largest absolute Gasteiger partial charge is 0.478 e. The number of carbonyl (C=O) groups excluding carboxylic acids is 1. The summed E-state index contributed by atoms with van der Waals surface area (Å²) in [6.45, 7) is 0. The van der Waals surface area contributed by atoms with Crippen molar-refractivity contribution in [3.05, 3.63) is 49.7 Å². The van der Waals surface area contributed by atoms with Gasteiger partial charge in [-0.2, -0.15) is 0 Å². The Balaban J connectivity index is 2.26. The standard InChI is InChI=1S/C12H7Br2NO3S/c13-6-1-2-7(9(14)5-6)10(16)15-11-8(12(17)18)3-4-19-11/h1-5H,(H,15,16)(H,17,18). The van der Waals surface area contributed by atoms with Crippen LogP contribution in [0.1, 0.15) is 20.7 Å². The molecule has 0 saturated carbocycles. The summed E-state index contributed by atoms with van der Waals surface area (Å²) in [5, 5.41) is 13.5. The lowest BCUT2D eigenvalue weighted by Crippen LogP contribution is -2.13. The Morgan fingerprint density at radius 3 is 2.53 bits per heavy atom. The maximum atomic E-state index is 12.1. The molecule has 2 N–H and O–H groups in total. The van der Waals surface area contributed by atoms with Crippen LogP contribution in [0.4, 0.5) is 5.00 Å². The number of nitrogens with one attached hydrogen (secondary N) is 1. The van der Waals surface area contributed by atoms with E-state index in [1.807, 2.05) is 0 Å². The number of carboxylic acids is 1. The molecule has 2 rings (SSSR count). The summed E-state index contributed by atoms with van der Waals surface area (Å²) in [5.41, 5.74) is 0.527. The minimum absolute atomic E-state index is 0.0894. The average Bonchev–Trinajstić information content (AvgIpc) is 2.76. The first-order chi connectivity index (χ1) is 8.99. The Hall–Kier alpha value is -1.18. The van der Waals surface area contributed by atoms with E-state index in [2.05, 4.69) is 37.2 Å². The molecule has 1 aromatic carbocycles. The summed E-state index contributed by atoms with van der Waals surface area (Å²) in [6.07, 6.45) is 0. The SMILES string of the molecule is O=C(Nc1sccc1C(=O)O)c1ccc(Br)cc1Br. The van der Waals surface area contributed by atoms with Crippen LogP contribution < -0.4 is 5.32 Å². The lowest BCUT2D eigenvalue weighted by Gasteiger charge is -2.06. The molecule has 1 aromatic heterocycles. The highest BCUT2D eigenvalue weighted by molar-refractivity contribution is 9.11. The molecule has 0 aliphatic carbocycles. The summed E-state index contributed by atoms with van der Waals surface area (Å²) in [4.78, 5) is 23.0. The monoisotopic (exact) mass is 403 g/mol. The van der Waals surface area contributed by atoms with Crippen LogP contribution in [0.2, 0.25) is 0 Å². The van der Waals surface area contributed by atoms with Crippen LogP contribution in [0, 0.1) is 0 Å². The summed E-state index contributed by atoms with van der Waals surface area (Å²) in [7, 11) is 0. The summed E-state index contributed by atoms with van der Waals surface area (Å²) in [6, 6.07) is 6.60. The van der Waals surface area contributed by atoms with Crippen molar-refractivity contribution in [2.75, 3.05) is 5.32 Å². The highest BCUT2D eigenvalue weighted by Crippen LogP contribution is 2.26. The summed E-state index contributed by atoms with van der Waals surface area (Å²) >= 11 is 7.77. The fraction of sp³-hybridized carbons (Fsp3) is 0. The van der Waals surface area contributed by atoms with Crippen LogP contribution in [0.5, 0.6) is 0 Å². The number of carbonyl (C=O) groups is 2. The predicted octanol–water partition coefficient (Wildman–Crippen LogP) is 4.22. The van der Waals surface area contributed by atoms with E-state index in [0.29, 0.717) is 15.0 Å². The maximum absolute atomic E-state index is 12.1. The lowest BCUT2D eigenvalue weighted by molar-refractivity contribution is 0.0698. The van der Waals surface area contributed by atoms with Crippen LogP contribution in [0.15, 0.2) is 38.6 Å². The molecule has 0 unspecified atom stereocenters. The van der Waals surface area contributed by atoms with E-state index in [4.69, 9.17) is 5.11 Å². The Bertz CT molecular complexity index is 654. The lowest BCUT2D eigenvalue weighted by atomic mass is 10.2. The Labute approximate surface area is 129 Å². The molecule has 0 atom stereocenters. The molecule has 19 heavy (non-hydrogen) atoms. The van der Waals surface area contributed by atoms with Gasteiger partial charge in [0, 0.05) is 8.95 Å². The van der Waals surface area contributed by atoms with Crippen molar-refractivity contribution in [1.29, 1.82) is 0 Å². The van der Waals surface area contributed by atoms with Gasteiger partial charge in [-0.1, -0.05) is 15.9 Å². The fourth-order valence-electron chi connectivity index (χ4n) is 1.42. The van der Waals surface area contributed by atoms with Crippen molar-refractivity contribution in [1.82, 2.24) is 0 Å². The van der Waals surface area contributed by atoms with E-state index in [-0.39, 0.29) is 11.5 Å². The van der Waals surface area contributed by atoms with Gasteiger partial charge in [0.2, 0.25) is 0 Å². The zero-order valence-electron chi connectivity index (χ0n) is 9.31. The van der Waals surface area contributed by atoms with Crippen LogP contribution >= 0.6 is 43.2 Å². The number of carboxylic acid groups (broad SMARTS) is 1. The first-order valence-corrected chi connectivity index (χ1v) is 7.53. The van der Waals surface area contributed by atoms with Crippen molar-refractivity contribution in [3.63, 3.8) is 0 Å². The van der Waals surface area contributed by atoms with E-state index < -0.39 is 5.97 Å². The third-order valence-corrected chi connectivity index (χ3v) is 4.28. The van der Waals surface area contributed by atoms with Gasteiger partial charge in [0.05, 0.1) is 11.1 Å². The Morgan fingerprint density at radius 2 is 1.89 bits per heavy atom. The van der Waals surface area contributed by atoms with Crippen LogP contribution in [-0.4, -0.2) is 17.0 Å². The number of thiophene rings is 1. The van der Waals surface area contributed by atoms with Crippen LogP contribution in [-0.2, 0) is 0 Å². The number of rotatable bonds is 3. The highest BCUT2D eigenvalue weighted by atomic mass is 79.9. The molecule has 0 aliphatic heterocycles. The molecule has 0 bridgehead atoms. The number of halogens is 2. The van der Waals surface area contributed by atoms with Gasteiger partial charge < -0.3 is 10.4 Å². The van der Waals surface area contributed by atoms with Crippen molar-refractivity contribution in [2.24, 2.45) is 0 Å². The number of benzene rings is 1. The van der Waals surface area contributed by atoms with E-state index in [9.17, 15) is 9.59 Å². The van der Waals surface area contributed by atoms with E-state index in [1.165, 1.54) is 17.4 Å². The second-order valence-corrected chi connectivity index (χ2v) is 6.23. The van der Waals surface area contributed by atoms with Gasteiger partial charge in [-0.3, -0.25) is 4.79 Å². The average molecular weight is 405 g/mol. The minimum atomic E-state index is -1.06. The first-order valence-electron chi connectivity index (χ1n) is 5.06. The second kappa shape index (κ2) is 5.85. The quantitative estimate of drug-likeness (QED) is 0.804. The highest BCUT2D eigenvalue weighted by Gasteiger charge is 2.16. The number of amides is 1. The topological polar surface area (TPSA) is 66.4 Å². The molecule has 98 valence electrons. The molecular formula is C12H7Br2NO3S. The van der Waals surface area contributed by atoms with Gasteiger partial charge in [0.25, 0.3) is 5.91 Å². The van der Waals surface area contributed by atoms with Crippen molar-refractivity contribution < 1.29 is 14.7 Å². The number of hydrogen-bond donors (Lipinski definition) is 2. The minimum Gasteiger partial charge on any atom is -0.478 e. The molecule has 2 aromatic rings. The van der Waals surface area contributed by atoms with E-state index >= 15 is 0 Å². The second-order valence-electron chi connectivity index (χ2n) is 3.55. The third kappa shape index (κ3) is 3.23. The molecule has 0 saturated heterocycles. The Morgan fingerprint density at radius 1 is 1.16 bits per heavy atom. The normalized spacial score (nSPS) is 10.2. The van der Waals surface area contributed by atoms with Gasteiger partial charge in [0.15, 0.2) is 0 Å². The molecule has 0 aliphatic rings. The molecule has 7 heteroatoms. The van der Waals surface area contributed by atoms with Crippen LogP contribution in [0.25, 0.3) is 0 Å². The zero-order chi connectivity index (χ0) is 14.0. The van der Waals surface area contributed by atoms with Crippen molar-refractivity contribution in [3.8, 4) is 0 Å². The number of hydrogen-bond acceptors (Lipinski definition) is 3. The van der Waals surface area contributed by atoms with Crippen molar-refractivity contribution >= 4 is 60.1 Å². The number of anilines is 1. The molecule has 0 radical (unpaired) electrons.